The van der Waals surface area contributed by atoms with Gasteiger partial charge in [-0.25, -0.2) is 0 Å². The van der Waals surface area contributed by atoms with Crippen molar-refractivity contribution in [1.82, 2.24) is 20.0 Å². The van der Waals surface area contributed by atoms with Gasteiger partial charge in [0.05, 0.1) is 6.10 Å². The molecule has 1 aliphatic rings. The highest BCUT2D eigenvalue weighted by Crippen LogP contribution is 2.16. The van der Waals surface area contributed by atoms with Crippen molar-refractivity contribution in [2.75, 3.05) is 40.3 Å². The maximum absolute atomic E-state index is 12.7. The number of carbonyl (C=O) groups excluding carboxylic acids is 1. The second-order valence-electron chi connectivity index (χ2n) is 6.01. The van der Waals surface area contributed by atoms with E-state index in [2.05, 4.69) is 15.1 Å². The van der Waals surface area contributed by atoms with E-state index < -0.39 is 0 Å². The Morgan fingerprint density at radius 3 is 2.67 bits per heavy atom. The Morgan fingerprint density at radius 2 is 2.14 bits per heavy atom. The van der Waals surface area contributed by atoms with Crippen LogP contribution in [-0.4, -0.2) is 72.3 Å². The van der Waals surface area contributed by atoms with Gasteiger partial charge in [-0.1, -0.05) is 0 Å². The number of hydrogen-bond donors (Lipinski definition) is 1. The summed E-state index contributed by atoms with van der Waals surface area (Å²) >= 11 is 0. The lowest BCUT2D eigenvalue weighted by Crippen LogP contribution is -2.41. The zero-order valence-electron chi connectivity index (χ0n) is 13.5. The monoisotopic (exact) mass is 294 g/mol. The molecule has 6 nitrogen and oxygen atoms in total. The summed E-state index contributed by atoms with van der Waals surface area (Å²) in [5, 5.41) is 7.06. The van der Waals surface area contributed by atoms with Gasteiger partial charge in [0.25, 0.3) is 5.91 Å². The summed E-state index contributed by atoms with van der Waals surface area (Å²) in [4.78, 5) is 16.7. The van der Waals surface area contributed by atoms with Crippen LogP contribution in [0.4, 0.5) is 0 Å². The highest BCUT2D eigenvalue weighted by Gasteiger charge is 2.26. The lowest BCUT2D eigenvalue weighted by atomic mass is 10.1. The van der Waals surface area contributed by atoms with Gasteiger partial charge in [-0.15, -0.1) is 0 Å². The van der Waals surface area contributed by atoms with Crippen molar-refractivity contribution in [2.45, 2.75) is 32.8 Å². The Labute approximate surface area is 126 Å². The van der Waals surface area contributed by atoms with Crippen LogP contribution < -0.4 is 0 Å². The molecule has 1 N–H and O–H groups in total. The van der Waals surface area contributed by atoms with Crippen LogP contribution >= 0.6 is 0 Å². The van der Waals surface area contributed by atoms with Crippen molar-refractivity contribution in [3.8, 4) is 0 Å². The lowest BCUT2D eigenvalue weighted by Gasteiger charge is -2.26. The zero-order valence-corrected chi connectivity index (χ0v) is 13.5. The Balaban J connectivity index is 2.08. The molecule has 1 fully saturated rings. The maximum atomic E-state index is 12.7. The second kappa shape index (κ2) is 7.04. The number of nitrogens with zero attached hydrogens (tertiary/aromatic N) is 3. The van der Waals surface area contributed by atoms with Gasteiger partial charge >= 0.3 is 0 Å². The number of ether oxygens (including phenoxy) is 1. The minimum absolute atomic E-state index is 0.00537. The van der Waals surface area contributed by atoms with Gasteiger partial charge in [0.1, 0.15) is 0 Å². The van der Waals surface area contributed by atoms with Gasteiger partial charge < -0.3 is 14.5 Å². The number of likely N-dealkylation sites (N-methyl/N-ethyl adjacent to an activating group) is 1. The highest BCUT2D eigenvalue weighted by molar-refractivity contribution is 5.93. The first-order chi connectivity index (χ1) is 9.99. The van der Waals surface area contributed by atoms with Gasteiger partial charge in [0.2, 0.25) is 0 Å². The van der Waals surface area contributed by atoms with Gasteiger partial charge in [-0.2, -0.15) is 5.10 Å². The van der Waals surface area contributed by atoms with Crippen molar-refractivity contribution in [3.05, 3.63) is 17.0 Å². The number of aryl methyl sites for hydroxylation is 1. The standard InChI is InChI=1S/C15H26N4O2/c1-11-12(2)16-17-14(11)15(20)19(8-7-18(3)4)10-13-6-5-9-21-13/h13H,5-10H2,1-4H3,(H,16,17). The number of H-pyrrole nitrogens is 1. The van der Waals surface area contributed by atoms with Crippen LogP contribution in [0.2, 0.25) is 0 Å². The van der Waals surface area contributed by atoms with E-state index in [9.17, 15) is 4.79 Å². The van der Waals surface area contributed by atoms with E-state index in [4.69, 9.17) is 4.74 Å². The molecule has 1 atom stereocenters. The van der Waals surface area contributed by atoms with E-state index in [0.29, 0.717) is 18.8 Å². The molecule has 118 valence electrons. The van der Waals surface area contributed by atoms with Gasteiger partial charge in [0, 0.05) is 37.5 Å². The fourth-order valence-corrected chi connectivity index (χ4v) is 2.47. The number of aromatic amines is 1. The first kappa shape index (κ1) is 16.0. The molecule has 1 aliphatic heterocycles. The summed E-state index contributed by atoms with van der Waals surface area (Å²) in [5.41, 5.74) is 2.41. The quantitative estimate of drug-likeness (QED) is 0.856. The van der Waals surface area contributed by atoms with Gasteiger partial charge in [0.15, 0.2) is 5.69 Å². The minimum atomic E-state index is -0.00537. The molecule has 0 bridgehead atoms. The normalized spacial score (nSPS) is 18.4. The summed E-state index contributed by atoms with van der Waals surface area (Å²) in [7, 11) is 4.03. The van der Waals surface area contributed by atoms with E-state index in [1.807, 2.05) is 32.8 Å². The molecule has 0 aromatic carbocycles. The molecule has 21 heavy (non-hydrogen) atoms. The molecular weight excluding hydrogens is 268 g/mol. The van der Waals surface area contributed by atoms with Crippen LogP contribution in [0.15, 0.2) is 0 Å². The third-order valence-electron chi connectivity index (χ3n) is 4.01. The van der Waals surface area contributed by atoms with Crippen molar-refractivity contribution in [2.24, 2.45) is 0 Å². The van der Waals surface area contributed by atoms with Crippen LogP contribution in [0.1, 0.15) is 34.6 Å². The number of aromatic nitrogens is 2. The summed E-state index contributed by atoms with van der Waals surface area (Å²) < 4.78 is 5.68. The number of amides is 1. The Hall–Kier alpha value is -1.40. The summed E-state index contributed by atoms with van der Waals surface area (Å²) in [6.45, 7) is 6.85. The third-order valence-corrected chi connectivity index (χ3v) is 4.01. The van der Waals surface area contributed by atoms with Crippen molar-refractivity contribution in [3.63, 3.8) is 0 Å². The molecular formula is C15H26N4O2. The summed E-state index contributed by atoms with van der Waals surface area (Å²) in [6, 6.07) is 0. The zero-order chi connectivity index (χ0) is 15.4. The summed E-state index contributed by atoms with van der Waals surface area (Å²) in [6.07, 6.45) is 2.28. The van der Waals surface area contributed by atoms with Crippen LogP contribution in [0.3, 0.4) is 0 Å². The first-order valence-corrected chi connectivity index (χ1v) is 7.56. The molecule has 2 rings (SSSR count). The maximum Gasteiger partial charge on any atom is 0.274 e. The van der Waals surface area contributed by atoms with E-state index in [0.717, 1.165) is 37.3 Å². The smallest absolute Gasteiger partial charge is 0.274 e. The third kappa shape index (κ3) is 4.04. The lowest BCUT2D eigenvalue weighted by molar-refractivity contribution is 0.0507. The predicted molar refractivity (Wildman–Crippen MR) is 81.5 cm³/mol. The largest absolute Gasteiger partial charge is 0.376 e. The Bertz CT molecular complexity index is 478. The fraction of sp³-hybridized carbons (Fsp3) is 0.733. The Morgan fingerprint density at radius 1 is 1.38 bits per heavy atom. The molecule has 1 aromatic rings. The first-order valence-electron chi connectivity index (χ1n) is 7.56. The van der Waals surface area contributed by atoms with Crippen molar-refractivity contribution < 1.29 is 9.53 Å². The van der Waals surface area contributed by atoms with Gasteiger partial charge in [-0.3, -0.25) is 9.89 Å². The number of carbonyl (C=O) groups is 1. The average Bonchev–Trinajstić information content (AvgIpc) is 3.05. The molecule has 0 spiro atoms. The molecule has 1 amide bonds. The molecule has 0 aliphatic carbocycles. The summed E-state index contributed by atoms with van der Waals surface area (Å²) in [5.74, 6) is -0.00537. The van der Waals surface area contributed by atoms with Crippen LogP contribution in [0.25, 0.3) is 0 Å². The SMILES string of the molecule is Cc1[nH]nc(C(=O)N(CCN(C)C)CC2CCCO2)c1C. The van der Waals surface area contributed by atoms with E-state index in [1.54, 1.807) is 0 Å². The van der Waals surface area contributed by atoms with E-state index >= 15 is 0 Å². The number of nitrogens with one attached hydrogen (secondary N) is 1. The fourth-order valence-electron chi connectivity index (χ4n) is 2.47. The van der Waals surface area contributed by atoms with Crippen molar-refractivity contribution in [1.29, 1.82) is 0 Å². The molecule has 1 aromatic heterocycles. The van der Waals surface area contributed by atoms with Crippen LogP contribution in [0.5, 0.6) is 0 Å². The van der Waals surface area contributed by atoms with E-state index in [-0.39, 0.29) is 12.0 Å². The minimum Gasteiger partial charge on any atom is -0.376 e. The predicted octanol–water partition coefficient (Wildman–Crippen LogP) is 1.21. The highest BCUT2D eigenvalue weighted by atomic mass is 16.5. The average molecular weight is 294 g/mol. The molecule has 1 saturated heterocycles. The Kier molecular flexibility index (Phi) is 5.36. The molecule has 1 unspecified atom stereocenters. The van der Waals surface area contributed by atoms with Crippen molar-refractivity contribution >= 4 is 5.91 Å². The molecule has 0 saturated carbocycles. The number of rotatable bonds is 6. The molecule has 2 heterocycles. The van der Waals surface area contributed by atoms with Crippen LogP contribution in [0, 0.1) is 13.8 Å². The topological polar surface area (TPSA) is 61.5 Å². The van der Waals surface area contributed by atoms with E-state index in [1.165, 1.54) is 0 Å². The van der Waals surface area contributed by atoms with Gasteiger partial charge in [-0.05, 0) is 40.8 Å². The molecule has 6 heteroatoms. The van der Waals surface area contributed by atoms with Crippen LogP contribution in [-0.2, 0) is 4.74 Å². The second-order valence-corrected chi connectivity index (χ2v) is 6.01. The number of hydrogen-bond acceptors (Lipinski definition) is 4. The molecule has 0 radical (unpaired) electrons.